The van der Waals surface area contributed by atoms with Crippen molar-refractivity contribution in [1.29, 1.82) is 5.26 Å². The minimum Gasteiger partial charge on any atom is -0.380 e. The molecule has 4 aromatic rings. The molecule has 0 radical (unpaired) electrons. The Balaban J connectivity index is 0.985. The lowest BCUT2D eigenvalue weighted by atomic mass is 9.85. The number of benzene rings is 3. The number of carbonyl (C=O) groups excluding carboxylic acids is 3. The number of hydrogen-bond donors (Lipinski definition) is 2. The number of piperidine rings is 1. The van der Waals surface area contributed by atoms with Crippen LogP contribution in [-0.2, 0) is 21.5 Å². The number of aromatic nitrogens is 1. The van der Waals surface area contributed by atoms with E-state index in [0.717, 1.165) is 90.2 Å². The van der Waals surface area contributed by atoms with Gasteiger partial charge in [0, 0.05) is 48.1 Å². The van der Waals surface area contributed by atoms with Gasteiger partial charge in [0.05, 0.1) is 22.9 Å². The highest BCUT2D eigenvalue weighted by Gasteiger charge is 2.45. The van der Waals surface area contributed by atoms with Crippen LogP contribution in [0.5, 0.6) is 0 Å². The maximum absolute atomic E-state index is 15.5. The van der Waals surface area contributed by atoms with Crippen LogP contribution in [-0.4, -0.2) is 46.4 Å². The molecule has 3 amide bonds. The van der Waals surface area contributed by atoms with Crippen molar-refractivity contribution in [1.82, 2.24) is 15.4 Å². The van der Waals surface area contributed by atoms with Gasteiger partial charge in [-0.05, 0) is 124 Å². The third kappa shape index (κ3) is 6.45. The summed E-state index contributed by atoms with van der Waals surface area (Å²) >= 11 is 0. The molecule has 1 aromatic heterocycles. The quantitative estimate of drug-likeness (QED) is 0.170. The van der Waals surface area contributed by atoms with E-state index in [2.05, 4.69) is 76.1 Å². The van der Waals surface area contributed by atoms with E-state index < -0.39 is 17.8 Å². The summed E-state index contributed by atoms with van der Waals surface area (Å²) in [4.78, 5) is 41.1. The molecular formula is C42H43FN6O4. The molecule has 1 atom stereocenters. The maximum atomic E-state index is 15.5. The molecule has 4 aliphatic rings. The zero-order valence-corrected chi connectivity index (χ0v) is 30.3. The highest BCUT2D eigenvalue weighted by Crippen LogP contribution is 2.48. The topological polar surface area (TPSA) is 132 Å². The van der Waals surface area contributed by atoms with Crippen LogP contribution in [0.25, 0.3) is 11.1 Å². The largest absolute Gasteiger partial charge is 0.380 e. The monoisotopic (exact) mass is 714 g/mol. The first-order valence-corrected chi connectivity index (χ1v) is 18.6. The average Bonchev–Trinajstić information content (AvgIpc) is 3.80. The lowest BCUT2D eigenvalue weighted by molar-refractivity contribution is -0.136. The minimum atomic E-state index is -0.741. The predicted octanol–water partition coefficient (Wildman–Crippen LogP) is 7.53. The third-order valence-electron chi connectivity index (χ3n) is 11.8. The second-order valence-corrected chi connectivity index (χ2v) is 15.3. The fourth-order valence-electron chi connectivity index (χ4n) is 8.51. The predicted molar refractivity (Wildman–Crippen MR) is 198 cm³/mol. The van der Waals surface area contributed by atoms with Gasteiger partial charge in [-0.25, -0.2) is 4.39 Å². The molecule has 1 saturated heterocycles. The number of hydrogen-bond acceptors (Lipinski definition) is 8. The van der Waals surface area contributed by atoms with Crippen molar-refractivity contribution < 1.29 is 23.3 Å². The zero-order chi connectivity index (χ0) is 37.0. The summed E-state index contributed by atoms with van der Waals surface area (Å²) in [5, 5.41) is 19.7. The number of carbonyl (C=O) groups is 3. The van der Waals surface area contributed by atoms with Gasteiger partial charge in [-0.15, -0.1) is 0 Å². The highest BCUT2D eigenvalue weighted by atomic mass is 19.1. The van der Waals surface area contributed by atoms with Crippen LogP contribution in [0, 0.1) is 43.8 Å². The van der Waals surface area contributed by atoms with Crippen molar-refractivity contribution >= 4 is 34.8 Å². The SMILES string of the molecule is Cc1ccc(-c2c(C)noc2C)cc1N(CC1CCC(Nc2cc3c(cc2F)C(=O)N(C2CCC(=O)NC2=O)C3)CC1)c1ccc(C2(C#N)CC2)cc1. The molecule has 0 bridgehead atoms. The highest BCUT2D eigenvalue weighted by molar-refractivity contribution is 6.05. The number of fused-ring (bicyclic) bond motifs is 1. The van der Waals surface area contributed by atoms with Crippen LogP contribution in [0.4, 0.5) is 21.5 Å². The van der Waals surface area contributed by atoms with Crippen LogP contribution >= 0.6 is 0 Å². The van der Waals surface area contributed by atoms with Gasteiger partial charge in [-0.1, -0.05) is 29.4 Å². The van der Waals surface area contributed by atoms with Crippen molar-refractivity contribution in [2.45, 2.75) is 96.2 Å². The first-order valence-electron chi connectivity index (χ1n) is 18.6. The summed E-state index contributed by atoms with van der Waals surface area (Å²) in [6.07, 6.45) is 5.84. The summed E-state index contributed by atoms with van der Waals surface area (Å²) in [7, 11) is 0. The average molecular weight is 715 g/mol. The van der Waals surface area contributed by atoms with Gasteiger partial charge in [0.2, 0.25) is 11.8 Å². The normalized spacial score (nSPS) is 21.9. The Morgan fingerprint density at radius 2 is 1.77 bits per heavy atom. The van der Waals surface area contributed by atoms with Crippen LogP contribution in [0.2, 0.25) is 0 Å². The number of rotatable bonds is 9. The molecule has 10 nitrogen and oxygen atoms in total. The van der Waals surface area contributed by atoms with Crippen LogP contribution in [0.15, 0.2) is 59.1 Å². The van der Waals surface area contributed by atoms with E-state index in [4.69, 9.17) is 4.52 Å². The van der Waals surface area contributed by atoms with Gasteiger partial charge < -0.3 is 19.6 Å². The number of imide groups is 1. The summed E-state index contributed by atoms with van der Waals surface area (Å²) in [5.74, 6) is -0.537. The lowest BCUT2D eigenvalue weighted by Gasteiger charge is -2.35. The van der Waals surface area contributed by atoms with Crippen LogP contribution in [0.3, 0.4) is 0 Å². The summed E-state index contributed by atoms with van der Waals surface area (Å²) in [5.41, 5.74) is 8.27. The van der Waals surface area contributed by atoms with Gasteiger partial charge >= 0.3 is 0 Å². The summed E-state index contributed by atoms with van der Waals surface area (Å²) < 4.78 is 21.0. The van der Waals surface area contributed by atoms with Gasteiger partial charge in [0.25, 0.3) is 5.91 Å². The van der Waals surface area contributed by atoms with Gasteiger partial charge in [0.15, 0.2) is 0 Å². The Bertz CT molecular complexity index is 2140. The number of nitriles is 1. The Morgan fingerprint density at radius 1 is 1.02 bits per heavy atom. The first-order chi connectivity index (χ1) is 25.5. The lowest BCUT2D eigenvalue weighted by Crippen LogP contribution is -2.52. The molecule has 8 rings (SSSR count). The van der Waals surface area contributed by atoms with Crippen molar-refractivity contribution in [3.05, 3.63) is 94.1 Å². The third-order valence-corrected chi connectivity index (χ3v) is 11.8. The number of nitrogens with one attached hydrogen (secondary N) is 2. The number of aryl methyl sites for hydroxylation is 3. The van der Waals surface area contributed by atoms with E-state index in [1.54, 1.807) is 6.07 Å². The smallest absolute Gasteiger partial charge is 0.255 e. The molecule has 2 N–H and O–H groups in total. The number of nitrogens with zero attached hydrogens (tertiary/aromatic N) is 4. The molecule has 272 valence electrons. The molecule has 53 heavy (non-hydrogen) atoms. The number of amides is 3. The van der Waals surface area contributed by atoms with Crippen molar-refractivity contribution in [2.24, 2.45) is 5.92 Å². The Morgan fingerprint density at radius 3 is 2.43 bits per heavy atom. The first kappa shape index (κ1) is 34.6. The molecule has 3 aromatic carbocycles. The van der Waals surface area contributed by atoms with Crippen molar-refractivity contribution in [3.8, 4) is 17.2 Å². The van der Waals surface area contributed by atoms with E-state index in [1.807, 2.05) is 13.8 Å². The molecule has 11 heteroatoms. The Kier molecular flexibility index (Phi) is 8.80. The molecular weight excluding hydrogens is 671 g/mol. The molecule has 3 fully saturated rings. The molecule has 2 saturated carbocycles. The van der Waals surface area contributed by atoms with E-state index in [9.17, 15) is 19.6 Å². The molecule has 3 heterocycles. The second kappa shape index (κ2) is 13.5. The standard InChI is InChI=1S/C42H43FN6O4/c1-24-4-7-28(39-25(2)47-53-26(39)3)19-37(24)48(32-12-8-30(9-13-32)42(23-44)16-17-42)21-27-5-10-31(11-6-27)45-35-18-29-22-49(41(52)33(29)20-34(35)43)36-14-15-38(50)46-40(36)51/h4,7-9,12-13,18-20,27,31,36,45H,5-6,10-11,14-17,21-22H2,1-3H3,(H,46,50,51). The number of anilines is 3. The Hall–Kier alpha value is -5.50. The van der Waals surface area contributed by atoms with Gasteiger partial charge in [0.1, 0.15) is 17.6 Å². The van der Waals surface area contributed by atoms with Crippen LogP contribution in [0.1, 0.15) is 89.9 Å². The fourth-order valence-corrected chi connectivity index (χ4v) is 8.51. The zero-order valence-electron chi connectivity index (χ0n) is 30.3. The Labute approximate surface area is 308 Å². The number of halogens is 1. The van der Waals surface area contributed by atoms with Gasteiger partial charge in [-0.2, -0.15) is 5.26 Å². The van der Waals surface area contributed by atoms with E-state index in [1.165, 1.54) is 11.0 Å². The van der Waals surface area contributed by atoms with Crippen molar-refractivity contribution in [2.75, 3.05) is 16.8 Å². The van der Waals surface area contributed by atoms with Gasteiger partial charge in [-0.3, -0.25) is 19.7 Å². The van der Waals surface area contributed by atoms with E-state index in [-0.39, 0.29) is 48.2 Å². The maximum Gasteiger partial charge on any atom is 0.255 e. The fraction of sp³-hybridized carbons (Fsp3) is 0.405. The van der Waals surface area contributed by atoms with E-state index >= 15 is 4.39 Å². The second-order valence-electron chi connectivity index (χ2n) is 15.3. The van der Waals surface area contributed by atoms with Crippen LogP contribution < -0.4 is 15.5 Å². The van der Waals surface area contributed by atoms with Crippen molar-refractivity contribution in [3.63, 3.8) is 0 Å². The molecule has 1 unspecified atom stereocenters. The summed E-state index contributed by atoms with van der Waals surface area (Å²) in [6.45, 7) is 7.03. The summed E-state index contributed by atoms with van der Waals surface area (Å²) in [6, 6.07) is 19.8. The molecule has 2 aliphatic heterocycles. The molecule has 0 spiro atoms. The minimum absolute atomic E-state index is 0.0696. The van der Waals surface area contributed by atoms with E-state index in [0.29, 0.717) is 17.2 Å². The molecule has 2 aliphatic carbocycles.